The first-order valence-electron chi connectivity index (χ1n) is 8.04. The Kier molecular flexibility index (Phi) is 5.47. The molecule has 20 heavy (non-hydrogen) atoms. The Hall–Kier alpha value is -1.02. The van der Waals surface area contributed by atoms with E-state index in [4.69, 9.17) is 4.74 Å². The molecule has 2 unspecified atom stereocenters. The predicted octanol–water partition coefficient (Wildman–Crippen LogP) is 4.34. The van der Waals surface area contributed by atoms with Crippen molar-refractivity contribution in [3.05, 3.63) is 28.8 Å². The third kappa shape index (κ3) is 3.54. The molecule has 0 saturated heterocycles. The first-order valence-corrected chi connectivity index (χ1v) is 8.04. The molecule has 1 N–H and O–H groups in total. The van der Waals surface area contributed by atoms with Crippen LogP contribution in [0.3, 0.4) is 0 Å². The smallest absolute Gasteiger partial charge is 0.122 e. The summed E-state index contributed by atoms with van der Waals surface area (Å²) in [6, 6.07) is 5.15. The zero-order valence-electron chi connectivity index (χ0n) is 13.5. The van der Waals surface area contributed by atoms with Gasteiger partial charge < -0.3 is 10.1 Å². The van der Waals surface area contributed by atoms with E-state index in [2.05, 4.69) is 38.2 Å². The van der Waals surface area contributed by atoms with Crippen molar-refractivity contribution >= 4 is 0 Å². The Labute approximate surface area is 123 Å². The van der Waals surface area contributed by atoms with Gasteiger partial charge in [-0.25, -0.2) is 0 Å². The molecule has 2 heteroatoms. The Morgan fingerprint density at radius 1 is 1.20 bits per heavy atom. The van der Waals surface area contributed by atoms with E-state index in [0.717, 1.165) is 12.3 Å². The fraction of sp³-hybridized carbons (Fsp3) is 0.667. The topological polar surface area (TPSA) is 21.3 Å². The molecular weight excluding hydrogens is 246 g/mol. The average molecular weight is 275 g/mol. The molecule has 0 aliphatic heterocycles. The van der Waals surface area contributed by atoms with Crippen LogP contribution in [0.1, 0.15) is 61.6 Å². The van der Waals surface area contributed by atoms with Crippen molar-refractivity contribution in [2.75, 3.05) is 13.7 Å². The highest BCUT2D eigenvalue weighted by atomic mass is 16.5. The summed E-state index contributed by atoms with van der Waals surface area (Å²) in [5.41, 5.74) is 4.13. The maximum atomic E-state index is 5.68. The number of aryl methyl sites for hydroxylation is 2. The molecule has 2 nitrogen and oxygen atoms in total. The third-order valence-corrected chi connectivity index (χ3v) is 4.54. The molecule has 0 spiro atoms. The molecule has 1 aromatic carbocycles. The van der Waals surface area contributed by atoms with Crippen LogP contribution in [-0.4, -0.2) is 19.7 Å². The molecule has 1 fully saturated rings. The Balaban J connectivity index is 2.28. The number of ether oxygens (including phenoxy) is 1. The highest BCUT2D eigenvalue weighted by Gasteiger charge is 2.24. The van der Waals surface area contributed by atoms with E-state index in [-0.39, 0.29) is 0 Å². The summed E-state index contributed by atoms with van der Waals surface area (Å²) in [4.78, 5) is 0. The standard InChI is InChI=1S/C18H29NO/c1-5-19-16-9-7-6-8-15(12-16)18-14(3)10-13(2)11-17(18)20-4/h10-11,15-16,19H,5-9,12H2,1-4H3. The lowest BCUT2D eigenvalue weighted by Crippen LogP contribution is -2.29. The normalized spacial score (nSPS) is 23.4. The van der Waals surface area contributed by atoms with E-state index in [0.29, 0.717) is 12.0 Å². The summed E-state index contributed by atoms with van der Waals surface area (Å²) in [6.07, 6.45) is 6.54. The number of hydrogen-bond donors (Lipinski definition) is 1. The van der Waals surface area contributed by atoms with Gasteiger partial charge in [-0.3, -0.25) is 0 Å². The van der Waals surface area contributed by atoms with Crippen molar-refractivity contribution in [1.82, 2.24) is 5.32 Å². The number of benzene rings is 1. The number of hydrogen-bond acceptors (Lipinski definition) is 2. The summed E-state index contributed by atoms with van der Waals surface area (Å²) in [6.45, 7) is 7.66. The van der Waals surface area contributed by atoms with Crippen molar-refractivity contribution in [3.8, 4) is 5.75 Å². The minimum absolute atomic E-state index is 0.636. The van der Waals surface area contributed by atoms with E-state index in [1.807, 2.05) is 0 Å². The number of rotatable bonds is 4. The molecule has 1 aliphatic rings. The SMILES string of the molecule is CCNC1CCCCC(c2c(C)cc(C)cc2OC)C1. The van der Waals surface area contributed by atoms with Gasteiger partial charge in [-0.05, 0) is 62.8 Å². The van der Waals surface area contributed by atoms with Crippen LogP contribution in [0.5, 0.6) is 5.75 Å². The second-order valence-corrected chi connectivity index (χ2v) is 6.17. The zero-order chi connectivity index (χ0) is 14.5. The molecular formula is C18H29NO. The molecule has 1 saturated carbocycles. The second kappa shape index (κ2) is 7.12. The fourth-order valence-corrected chi connectivity index (χ4v) is 3.73. The molecule has 0 bridgehead atoms. The van der Waals surface area contributed by atoms with Gasteiger partial charge in [0.05, 0.1) is 7.11 Å². The van der Waals surface area contributed by atoms with Gasteiger partial charge in [-0.1, -0.05) is 25.8 Å². The first kappa shape index (κ1) is 15.4. The van der Waals surface area contributed by atoms with Crippen molar-refractivity contribution in [3.63, 3.8) is 0 Å². The van der Waals surface area contributed by atoms with Gasteiger partial charge in [0.25, 0.3) is 0 Å². The van der Waals surface area contributed by atoms with Crippen molar-refractivity contribution < 1.29 is 4.74 Å². The van der Waals surface area contributed by atoms with Crippen LogP contribution in [0.4, 0.5) is 0 Å². The van der Waals surface area contributed by atoms with Crippen LogP contribution in [0.15, 0.2) is 12.1 Å². The molecule has 1 aliphatic carbocycles. The van der Waals surface area contributed by atoms with E-state index >= 15 is 0 Å². The Bertz CT molecular complexity index is 441. The van der Waals surface area contributed by atoms with Crippen LogP contribution >= 0.6 is 0 Å². The van der Waals surface area contributed by atoms with E-state index < -0.39 is 0 Å². The monoisotopic (exact) mass is 275 g/mol. The summed E-state index contributed by atoms with van der Waals surface area (Å²) >= 11 is 0. The largest absolute Gasteiger partial charge is 0.496 e. The van der Waals surface area contributed by atoms with Gasteiger partial charge >= 0.3 is 0 Å². The van der Waals surface area contributed by atoms with Crippen molar-refractivity contribution in [1.29, 1.82) is 0 Å². The molecule has 0 aromatic heterocycles. The lowest BCUT2D eigenvalue weighted by molar-refractivity contribution is 0.394. The van der Waals surface area contributed by atoms with E-state index in [1.165, 1.54) is 48.8 Å². The van der Waals surface area contributed by atoms with Crippen LogP contribution in [-0.2, 0) is 0 Å². The fourth-order valence-electron chi connectivity index (χ4n) is 3.73. The third-order valence-electron chi connectivity index (χ3n) is 4.54. The molecule has 0 amide bonds. The summed E-state index contributed by atoms with van der Waals surface area (Å²) < 4.78 is 5.68. The molecule has 1 aromatic rings. The van der Waals surface area contributed by atoms with E-state index in [1.54, 1.807) is 7.11 Å². The predicted molar refractivity (Wildman–Crippen MR) is 85.8 cm³/mol. The summed E-state index contributed by atoms with van der Waals surface area (Å²) in [5, 5.41) is 3.65. The maximum Gasteiger partial charge on any atom is 0.122 e. The highest BCUT2D eigenvalue weighted by Crippen LogP contribution is 2.39. The lowest BCUT2D eigenvalue weighted by Gasteiger charge is -2.24. The van der Waals surface area contributed by atoms with Crippen LogP contribution in [0.25, 0.3) is 0 Å². The van der Waals surface area contributed by atoms with Gasteiger partial charge in [-0.2, -0.15) is 0 Å². The average Bonchev–Trinajstić information content (AvgIpc) is 2.63. The van der Waals surface area contributed by atoms with Crippen molar-refractivity contribution in [2.24, 2.45) is 0 Å². The van der Waals surface area contributed by atoms with Gasteiger partial charge in [0.2, 0.25) is 0 Å². The molecule has 2 rings (SSSR count). The number of nitrogens with one attached hydrogen (secondary N) is 1. The maximum absolute atomic E-state index is 5.68. The lowest BCUT2D eigenvalue weighted by atomic mass is 9.86. The molecule has 0 heterocycles. The molecule has 112 valence electrons. The van der Waals surface area contributed by atoms with Crippen LogP contribution < -0.4 is 10.1 Å². The van der Waals surface area contributed by atoms with Gasteiger partial charge in [0.15, 0.2) is 0 Å². The van der Waals surface area contributed by atoms with Crippen LogP contribution in [0, 0.1) is 13.8 Å². The van der Waals surface area contributed by atoms with Gasteiger partial charge in [0.1, 0.15) is 5.75 Å². The summed E-state index contributed by atoms with van der Waals surface area (Å²) in [5.74, 6) is 1.72. The summed E-state index contributed by atoms with van der Waals surface area (Å²) in [7, 11) is 1.80. The van der Waals surface area contributed by atoms with E-state index in [9.17, 15) is 0 Å². The molecule has 2 atom stereocenters. The van der Waals surface area contributed by atoms with Gasteiger partial charge in [-0.15, -0.1) is 0 Å². The minimum Gasteiger partial charge on any atom is -0.496 e. The Morgan fingerprint density at radius 3 is 2.65 bits per heavy atom. The van der Waals surface area contributed by atoms with Crippen LogP contribution in [0.2, 0.25) is 0 Å². The van der Waals surface area contributed by atoms with Gasteiger partial charge in [0, 0.05) is 11.6 Å². The Morgan fingerprint density at radius 2 is 1.95 bits per heavy atom. The zero-order valence-corrected chi connectivity index (χ0v) is 13.5. The minimum atomic E-state index is 0.636. The highest BCUT2D eigenvalue weighted by molar-refractivity contribution is 5.45. The first-order chi connectivity index (χ1) is 9.65. The quantitative estimate of drug-likeness (QED) is 0.825. The number of methoxy groups -OCH3 is 1. The van der Waals surface area contributed by atoms with Crippen molar-refractivity contribution in [2.45, 2.75) is 64.8 Å². The second-order valence-electron chi connectivity index (χ2n) is 6.17. The molecule has 0 radical (unpaired) electrons.